The van der Waals surface area contributed by atoms with E-state index in [1.165, 1.54) is 12.4 Å². The van der Waals surface area contributed by atoms with Gasteiger partial charge in [-0.3, -0.25) is 9.82 Å². The summed E-state index contributed by atoms with van der Waals surface area (Å²) in [7, 11) is 0.0931. The summed E-state index contributed by atoms with van der Waals surface area (Å²) in [6, 6.07) is 3.40. The number of H-pyrrole nitrogens is 1. The zero-order chi connectivity index (χ0) is 14.0. The Labute approximate surface area is 111 Å². The van der Waals surface area contributed by atoms with Crippen LogP contribution in [-0.2, 0) is 10.0 Å². The molecule has 8 heteroatoms. The Morgan fingerprint density at radius 3 is 2.47 bits per heavy atom. The predicted octanol–water partition coefficient (Wildman–Crippen LogP) is 0.980. The van der Waals surface area contributed by atoms with Crippen molar-refractivity contribution < 1.29 is 8.42 Å². The van der Waals surface area contributed by atoms with Gasteiger partial charge < -0.3 is 4.90 Å². The molecule has 0 fully saturated rings. The fraction of sp³-hybridized carbons (Fsp3) is 0.273. The van der Waals surface area contributed by atoms with Crippen LogP contribution in [0.4, 0.5) is 11.5 Å². The number of aromatic amines is 1. The van der Waals surface area contributed by atoms with Crippen molar-refractivity contribution in [3.05, 3.63) is 30.2 Å². The SMILES string of the molecule is Cc1[nH]ncc1S(=O)(=O)Nc1ccc(N(C)C)nc1. The van der Waals surface area contributed by atoms with Crippen LogP contribution in [0.25, 0.3) is 0 Å². The molecule has 0 aliphatic rings. The second-order valence-electron chi connectivity index (χ2n) is 4.26. The summed E-state index contributed by atoms with van der Waals surface area (Å²) >= 11 is 0. The van der Waals surface area contributed by atoms with E-state index in [2.05, 4.69) is 19.9 Å². The van der Waals surface area contributed by atoms with E-state index in [-0.39, 0.29) is 4.90 Å². The number of aryl methyl sites for hydroxylation is 1. The summed E-state index contributed by atoms with van der Waals surface area (Å²) in [6.45, 7) is 1.65. The van der Waals surface area contributed by atoms with Crippen molar-refractivity contribution in [3.8, 4) is 0 Å². The van der Waals surface area contributed by atoms with Gasteiger partial charge in [0.2, 0.25) is 0 Å². The van der Waals surface area contributed by atoms with E-state index >= 15 is 0 Å². The van der Waals surface area contributed by atoms with Gasteiger partial charge in [0.1, 0.15) is 10.7 Å². The molecule has 2 aromatic heterocycles. The summed E-state index contributed by atoms with van der Waals surface area (Å²) in [5, 5.41) is 6.29. The van der Waals surface area contributed by atoms with E-state index in [0.29, 0.717) is 11.4 Å². The van der Waals surface area contributed by atoms with Gasteiger partial charge in [0, 0.05) is 14.1 Å². The third kappa shape index (κ3) is 2.84. The van der Waals surface area contributed by atoms with E-state index in [9.17, 15) is 8.42 Å². The predicted molar refractivity (Wildman–Crippen MR) is 72.7 cm³/mol. The van der Waals surface area contributed by atoms with Gasteiger partial charge in [-0.15, -0.1) is 0 Å². The third-order valence-corrected chi connectivity index (χ3v) is 4.03. The van der Waals surface area contributed by atoms with Gasteiger partial charge in [0.15, 0.2) is 0 Å². The molecule has 7 nitrogen and oxygen atoms in total. The van der Waals surface area contributed by atoms with Crippen molar-refractivity contribution in [2.45, 2.75) is 11.8 Å². The smallest absolute Gasteiger partial charge is 0.265 e. The highest BCUT2D eigenvalue weighted by molar-refractivity contribution is 7.92. The maximum Gasteiger partial charge on any atom is 0.265 e. The van der Waals surface area contributed by atoms with E-state index in [0.717, 1.165) is 5.82 Å². The number of rotatable bonds is 4. The maximum atomic E-state index is 12.1. The average Bonchev–Trinajstić information content (AvgIpc) is 2.76. The first-order chi connectivity index (χ1) is 8.90. The van der Waals surface area contributed by atoms with Crippen LogP contribution in [0.2, 0.25) is 0 Å². The number of nitrogens with zero attached hydrogens (tertiary/aromatic N) is 3. The first-order valence-electron chi connectivity index (χ1n) is 5.56. The molecule has 0 amide bonds. The Balaban J connectivity index is 2.24. The van der Waals surface area contributed by atoms with E-state index in [4.69, 9.17) is 0 Å². The Bertz CT molecular complexity index is 661. The lowest BCUT2D eigenvalue weighted by Crippen LogP contribution is -2.14. The molecule has 2 N–H and O–H groups in total. The molecule has 0 spiro atoms. The third-order valence-electron chi connectivity index (χ3n) is 2.53. The van der Waals surface area contributed by atoms with Crippen molar-refractivity contribution in [1.82, 2.24) is 15.2 Å². The van der Waals surface area contributed by atoms with Crippen molar-refractivity contribution in [1.29, 1.82) is 0 Å². The minimum Gasteiger partial charge on any atom is -0.363 e. The van der Waals surface area contributed by atoms with Crippen LogP contribution in [0.3, 0.4) is 0 Å². The number of nitrogens with one attached hydrogen (secondary N) is 2. The minimum absolute atomic E-state index is 0.129. The van der Waals surface area contributed by atoms with Crippen molar-refractivity contribution in [2.24, 2.45) is 0 Å². The summed E-state index contributed by atoms with van der Waals surface area (Å²) in [5.74, 6) is 0.752. The fourth-order valence-corrected chi connectivity index (χ4v) is 2.71. The second-order valence-corrected chi connectivity index (χ2v) is 5.92. The lowest BCUT2D eigenvalue weighted by Gasteiger charge is -2.12. The van der Waals surface area contributed by atoms with Gasteiger partial charge in [-0.05, 0) is 19.1 Å². The number of aromatic nitrogens is 3. The van der Waals surface area contributed by atoms with Gasteiger partial charge in [0.05, 0.1) is 23.8 Å². The molecule has 2 aromatic rings. The highest BCUT2D eigenvalue weighted by Gasteiger charge is 2.18. The van der Waals surface area contributed by atoms with Crippen LogP contribution in [0.5, 0.6) is 0 Å². The van der Waals surface area contributed by atoms with Crippen molar-refractivity contribution in [2.75, 3.05) is 23.7 Å². The monoisotopic (exact) mass is 281 g/mol. The largest absolute Gasteiger partial charge is 0.363 e. The molecule has 2 rings (SSSR count). The second kappa shape index (κ2) is 4.88. The van der Waals surface area contributed by atoms with Crippen molar-refractivity contribution >= 4 is 21.5 Å². The van der Waals surface area contributed by atoms with Gasteiger partial charge in [-0.1, -0.05) is 0 Å². The fourth-order valence-electron chi connectivity index (χ4n) is 1.53. The quantitative estimate of drug-likeness (QED) is 0.871. The molecule has 0 saturated carbocycles. The molecule has 0 atom stereocenters. The average molecular weight is 281 g/mol. The molecule has 0 unspecified atom stereocenters. The molecule has 0 aliphatic heterocycles. The summed E-state index contributed by atoms with van der Waals surface area (Å²) in [4.78, 5) is 6.10. The molecule has 0 bridgehead atoms. The molecule has 102 valence electrons. The topological polar surface area (TPSA) is 91.0 Å². The van der Waals surface area contributed by atoms with Crippen LogP contribution < -0.4 is 9.62 Å². The molecular formula is C11H15N5O2S. The van der Waals surface area contributed by atoms with Crippen LogP contribution in [0.1, 0.15) is 5.69 Å². The van der Waals surface area contributed by atoms with Gasteiger partial charge in [-0.25, -0.2) is 13.4 Å². The first kappa shape index (κ1) is 13.3. The zero-order valence-electron chi connectivity index (χ0n) is 10.9. The van der Waals surface area contributed by atoms with Crippen LogP contribution in [-0.4, -0.2) is 37.7 Å². The number of sulfonamides is 1. The van der Waals surface area contributed by atoms with Gasteiger partial charge in [-0.2, -0.15) is 5.10 Å². The molecule has 2 heterocycles. The Kier molecular flexibility index (Phi) is 3.43. The standard InChI is InChI=1S/C11H15N5O2S/c1-8-10(7-13-14-8)19(17,18)15-9-4-5-11(12-6-9)16(2)3/h4-7,15H,1-3H3,(H,13,14). The first-order valence-corrected chi connectivity index (χ1v) is 7.04. The number of hydrogen-bond donors (Lipinski definition) is 2. The number of anilines is 2. The maximum absolute atomic E-state index is 12.1. The Morgan fingerprint density at radius 1 is 1.26 bits per heavy atom. The molecule has 19 heavy (non-hydrogen) atoms. The molecule has 0 saturated heterocycles. The molecule has 0 aliphatic carbocycles. The Morgan fingerprint density at radius 2 is 2.00 bits per heavy atom. The molecule has 0 radical (unpaired) electrons. The summed E-state index contributed by atoms with van der Waals surface area (Å²) in [6.07, 6.45) is 2.75. The van der Waals surface area contributed by atoms with E-state index in [1.54, 1.807) is 19.1 Å². The van der Waals surface area contributed by atoms with Crippen molar-refractivity contribution in [3.63, 3.8) is 0 Å². The number of hydrogen-bond acceptors (Lipinski definition) is 5. The van der Waals surface area contributed by atoms with E-state index in [1.807, 2.05) is 19.0 Å². The van der Waals surface area contributed by atoms with Gasteiger partial charge >= 0.3 is 0 Å². The summed E-state index contributed by atoms with van der Waals surface area (Å²) in [5.41, 5.74) is 0.900. The molecule has 0 aromatic carbocycles. The minimum atomic E-state index is -3.63. The van der Waals surface area contributed by atoms with Gasteiger partial charge in [0.25, 0.3) is 10.0 Å². The highest BCUT2D eigenvalue weighted by atomic mass is 32.2. The normalized spacial score (nSPS) is 11.3. The Hall–Kier alpha value is -2.09. The van der Waals surface area contributed by atoms with Crippen LogP contribution in [0, 0.1) is 6.92 Å². The lowest BCUT2D eigenvalue weighted by atomic mass is 10.4. The van der Waals surface area contributed by atoms with E-state index < -0.39 is 10.0 Å². The van der Waals surface area contributed by atoms with Crippen LogP contribution in [0.15, 0.2) is 29.4 Å². The lowest BCUT2D eigenvalue weighted by molar-refractivity contribution is 0.600. The number of pyridine rings is 1. The van der Waals surface area contributed by atoms with Crippen LogP contribution >= 0.6 is 0 Å². The highest BCUT2D eigenvalue weighted by Crippen LogP contribution is 2.18. The zero-order valence-corrected chi connectivity index (χ0v) is 11.7. The summed E-state index contributed by atoms with van der Waals surface area (Å²) < 4.78 is 26.6. The molecular weight excluding hydrogens is 266 g/mol.